The molecule has 106 valence electrons. The molecule has 0 radical (unpaired) electrons. The summed E-state index contributed by atoms with van der Waals surface area (Å²) < 4.78 is 5.12. The molecule has 0 bridgehead atoms. The normalized spacial score (nSPS) is 10.5. The van der Waals surface area contributed by atoms with E-state index in [1.807, 2.05) is 24.3 Å². The van der Waals surface area contributed by atoms with Gasteiger partial charge in [0.2, 0.25) is 0 Å². The maximum atomic E-state index is 9.44. The molecule has 0 amide bonds. The third-order valence-electron chi connectivity index (χ3n) is 3.13. The van der Waals surface area contributed by atoms with E-state index in [9.17, 15) is 5.11 Å². The lowest BCUT2D eigenvalue weighted by Gasteiger charge is -2.00. The summed E-state index contributed by atoms with van der Waals surface area (Å²) in [6.07, 6.45) is 0. The molecule has 1 aromatic heterocycles. The molecule has 1 heterocycles. The highest BCUT2D eigenvalue weighted by atomic mass is 16.5. The molecule has 0 aliphatic carbocycles. The minimum atomic E-state index is 0.0460. The van der Waals surface area contributed by atoms with E-state index in [0.29, 0.717) is 17.3 Å². The molecular formula is C15H14N4O2. The van der Waals surface area contributed by atoms with Gasteiger partial charge in [0.25, 0.3) is 0 Å². The highest BCUT2D eigenvalue weighted by molar-refractivity contribution is 5.67. The minimum Gasteiger partial charge on any atom is -0.506 e. The molecule has 0 fully saturated rings. The highest BCUT2D eigenvalue weighted by Crippen LogP contribution is 2.27. The number of hydrogen-bond acceptors (Lipinski definition) is 5. The van der Waals surface area contributed by atoms with Crippen LogP contribution in [0.3, 0.4) is 0 Å². The van der Waals surface area contributed by atoms with E-state index in [1.165, 1.54) is 6.07 Å². The largest absolute Gasteiger partial charge is 0.506 e. The van der Waals surface area contributed by atoms with E-state index >= 15 is 0 Å². The zero-order valence-electron chi connectivity index (χ0n) is 11.4. The Bertz CT molecular complexity index is 766. The van der Waals surface area contributed by atoms with Crippen molar-refractivity contribution in [2.24, 2.45) is 0 Å². The van der Waals surface area contributed by atoms with Gasteiger partial charge >= 0.3 is 0 Å². The number of nitrogens with two attached hydrogens (primary N) is 1. The Hall–Kier alpha value is -3.02. The summed E-state index contributed by atoms with van der Waals surface area (Å²) in [6.45, 7) is 0. The molecule has 6 heteroatoms. The van der Waals surface area contributed by atoms with Crippen molar-refractivity contribution < 1.29 is 9.84 Å². The summed E-state index contributed by atoms with van der Waals surface area (Å²) in [4.78, 5) is 4.43. The van der Waals surface area contributed by atoms with Crippen molar-refractivity contribution in [2.45, 2.75) is 0 Å². The predicted molar refractivity (Wildman–Crippen MR) is 79.9 cm³/mol. The first-order valence-corrected chi connectivity index (χ1v) is 6.33. The van der Waals surface area contributed by atoms with Gasteiger partial charge in [0.15, 0.2) is 11.6 Å². The van der Waals surface area contributed by atoms with Crippen LogP contribution < -0.4 is 10.5 Å². The number of ether oxygens (including phenoxy) is 1. The van der Waals surface area contributed by atoms with Crippen LogP contribution in [0.25, 0.3) is 22.8 Å². The zero-order chi connectivity index (χ0) is 14.8. The number of aromatic nitrogens is 3. The molecule has 6 nitrogen and oxygen atoms in total. The second kappa shape index (κ2) is 5.16. The van der Waals surface area contributed by atoms with Crippen LogP contribution >= 0.6 is 0 Å². The molecule has 0 saturated carbocycles. The van der Waals surface area contributed by atoms with Gasteiger partial charge in [0, 0.05) is 11.1 Å². The fraction of sp³-hybridized carbons (Fsp3) is 0.0667. The summed E-state index contributed by atoms with van der Waals surface area (Å²) in [5, 5.41) is 16.5. The molecule has 21 heavy (non-hydrogen) atoms. The van der Waals surface area contributed by atoms with E-state index in [0.717, 1.165) is 16.9 Å². The van der Waals surface area contributed by atoms with Gasteiger partial charge in [-0.05, 0) is 42.5 Å². The fourth-order valence-electron chi connectivity index (χ4n) is 1.96. The lowest BCUT2D eigenvalue weighted by Crippen LogP contribution is -1.88. The van der Waals surface area contributed by atoms with E-state index < -0.39 is 0 Å². The average Bonchev–Trinajstić information content (AvgIpc) is 3.00. The summed E-state index contributed by atoms with van der Waals surface area (Å²) in [5.74, 6) is 2.00. The molecular weight excluding hydrogens is 268 g/mol. The molecule has 0 aliphatic heterocycles. The lowest BCUT2D eigenvalue weighted by molar-refractivity contribution is 0.415. The Morgan fingerprint density at radius 2 is 1.81 bits per heavy atom. The fourth-order valence-corrected chi connectivity index (χ4v) is 1.96. The molecule has 3 rings (SSSR count). The van der Waals surface area contributed by atoms with Crippen LogP contribution in [0.15, 0.2) is 42.5 Å². The van der Waals surface area contributed by atoms with Crippen molar-refractivity contribution in [2.75, 3.05) is 12.8 Å². The van der Waals surface area contributed by atoms with Crippen molar-refractivity contribution >= 4 is 5.69 Å². The molecule has 0 unspecified atom stereocenters. The second-order valence-electron chi connectivity index (χ2n) is 4.51. The van der Waals surface area contributed by atoms with Gasteiger partial charge in [0.1, 0.15) is 11.5 Å². The summed E-state index contributed by atoms with van der Waals surface area (Å²) in [6, 6.07) is 12.4. The van der Waals surface area contributed by atoms with E-state index in [4.69, 9.17) is 10.5 Å². The molecule has 3 aromatic rings. The molecule has 0 aliphatic rings. The van der Waals surface area contributed by atoms with Crippen LogP contribution in [0, 0.1) is 0 Å². The lowest BCUT2D eigenvalue weighted by atomic mass is 10.2. The maximum absolute atomic E-state index is 9.44. The quantitative estimate of drug-likeness (QED) is 0.506. The SMILES string of the molecule is COc1ccc(-c2nc(-c3ccc(O)c(N)c3)n[nH]2)cc1. The smallest absolute Gasteiger partial charge is 0.181 e. The number of aromatic hydroxyl groups is 1. The number of phenolic OH excluding ortho intramolecular Hbond substituents is 1. The number of phenols is 1. The molecule has 0 saturated heterocycles. The van der Waals surface area contributed by atoms with Crippen LogP contribution in [0.1, 0.15) is 0 Å². The number of nitrogens with one attached hydrogen (secondary N) is 1. The molecule has 0 spiro atoms. The Morgan fingerprint density at radius 3 is 2.48 bits per heavy atom. The van der Waals surface area contributed by atoms with Crippen LogP contribution in [-0.2, 0) is 0 Å². The number of anilines is 1. The molecule has 0 atom stereocenters. The Labute approximate surface area is 121 Å². The van der Waals surface area contributed by atoms with Crippen molar-refractivity contribution in [3.8, 4) is 34.3 Å². The standard InChI is InChI=1S/C15H14N4O2/c1-21-11-5-2-9(3-6-11)14-17-15(19-18-14)10-4-7-13(20)12(16)8-10/h2-8,20H,16H2,1H3,(H,17,18,19). The first-order valence-electron chi connectivity index (χ1n) is 6.33. The van der Waals surface area contributed by atoms with Crippen LogP contribution in [-0.4, -0.2) is 27.4 Å². The molecule has 2 aromatic carbocycles. The Balaban J connectivity index is 1.93. The van der Waals surface area contributed by atoms with Crippen molar-refractivity contribution in [1.82, 2.24) is 15.2 Å². The third kappa shape index (κ3) is 2.51. The number of nitrogen functional groups attached to an aromatic ring is 1. The van der Waals surface area contributed by atoms with Gasteiger partial charge in [-0.15, -0.1) is 0 Å². The van der Waals surface area contributed by atoms with E-state index in [2.05, 4.69) is 15.2 Å². The number of methoxy groups -OCH3 is 1. The van der Waals surface area contributed by atoms with Gasteiger partial charge in [-0.3, -0.25) is 5.10 Å². The number of aromatic amines is 1. The number of benzene rings is 2. The number of nitrogens with zero attached hydrogens (tertiary/aromatic N) is 2. The first kappa shape index (κ1) is 13.0. The third-order valence-corrected chi connectivity index (χ3v) is 3.13. The highest BCUT2D eigenvalue weighted by Gasteiger charge is 2.09. The van der Waals surface area contributed by atoms with E-state index in [1.54, 1.807) is 19.2 Å². The van der Waals surface area contributed by atoms with Crippen LogP contribution in [0.2, 0.25) is 0 Å². The first-order chi connectivity index (χ1) is 10.2. The molecule has 4 N–H and O–H groups in total. The van der Waals surface area contributed by atoms with Crippen molar-refractivity contribution in [1.29, 1.82) is 0 Å². The Morgan fingerprint density at radius 1 is 1.10 bits per heavy atom. The Kier molecular flexibility index (Phi) is 3.19. The van der Waals surface area contributed by atoms with Crippen LogP contribution in [0.5, 0.6) is 11.5 Å². The summed E-state index contributed by atoms with van der Waals surface area (Å²) in [5.41, 5.74) is 7.61. The number of hydrogen-bond donors (Lipinski definition) is 3. The number of rotatable bonds is 3. The van der Waals surface area contributed by atoms with Crippen LogP contribution in [0.4, 0.5) is 5.69 Å². The average molecular weight is 282 g/mol. The zero-order valence-corrected chi connectivity index (χ0v) is 11.4. The minimum absolute atomic E-state index is 0.0460. The van der Waals surface area contributed by atoms with Gasteiger partial charge in [0.05, 0.1) is 12.8 Å². The van der Waals surface area contributed by atoms with E-state index in [-0.39, 0.29) is 5.75 Å². The van der Waals surface area contributed by atoms with Gasteiger partial charge in [-0.2, -0.15) is 5.10 Å². The predicted octanol–water partition coefficient (Wildman–Crippen LogP) is 2.44. The summed E-state index contributed by atoms with van der Waals surface area (Å²) >= 11 is 0. The summed E-state index contributed by atoms with van der Waals surface area (Å²) in [7, 11) is 1.62. The number of H-pyrrole nitrogens is 1. The topological polar surface area (TPSA) is 97.1 Å². The van der Waals surface area contributed by atoms with Crippen molar-refractivity contribution in [3.05, 3.63) is 42.5 Å². The second-order valence-corrected chi connectivity index (χ2v) is 4.51. The van der Waals surface area contributed by atoms with Crippen molar-refractivity contribution in [3.63, 3.8) is 0 Å². The monoisotopic (exact) mass is 282 g/mol. The van der Waals surface area contributed by atoms with Gasteiger partial charge in [-0.1, -0.05) is 0 Å². The van der Waals surface area contributed by atoms with Gasteiger partial charge < -0.3 is 15.6 Å². The maximum Gasteiger partial charge on any atom is 0.181 e. The van der Waals surface area contributed by atoms with Gasteiger partial charge in [-0.25, -0.2) is 4.98 Å².